The van der Waals surface area contributed by atoms with Gasteiger partial charge in [-0.1, -0.05) is 0 Å². The number of rotatable bonds is 6. The SMILES string of the molecule is CCNc1nc(NCc2ccncn2)nc(N(C)C)n1. The van der Waals surface area contributed by atoms with Crippen LogP contribution in [0.1, 0.15) is 12.6 Å². The number of aromatic nitrogens is 5. The number of nitrogens with one attached hydrogen (secondary N) is 2. The van der Waals surface area contributed by atoms with Crippen molar-refractivity contribution < 1.29 is 0 Å². The molecule has 0 saturated heterocycles. The monoisotopic (exact) mass is 274 g/mol. The van der Waals surface area contributed by atoms with Gasteiger partial charge >= 0.3 is 0 Å². The summed E-state index contributed by atoms with van der Waals surface area (Å²) >= 11 is 0. The van der Waals surface area contributed by atoms with Crippen molar-refractivity contribution in [1.82, 2.24) is 24.9 Å². The maximum Gasteiger partial charge on any atom is 0.231 e. The van der Waals surface area contributed by atoms with Crippen LogP contribution in [0.3, 0.4) is 0 Å². The fourth-order valence-electron chi connectivity index (χ4n) is 1.47. The Bertz CT molecular complexity index is 542. The van der Waals surface area contributed by atoms with Crippen LogP contribution in [0.15, 0.2) is 18.6 Å². The highest BCUT2D eigenvalue weighted by atomic mass is 15.3. The van der Waals surface area contributed by atoms with Gasteiger partial charge in [-0.15, -0.1) is 0 Å². The van der Waals surface area contributed by atoms with Crippen LogP contribution in [0.25, 0.3) is 0 Å². The lowest BCUT2D eigenvalue weighted by Gasteiger charge is -2.13. The van der Waals surface area contributed by atoms with Gasteiger partial charge in [-0.3, -0.25) is 0 Å². The van der Waals surface area contributed by atoms with E-state index < -0.39 is 0 Å². The first kappa shape index (κ1) is 13.9. The Morgan fingerprint density at radius 3 is 2.45 bits per heavy atom. The summed E-state index contributed by atoms with van der Waals surface area (Å²) in [6.07, 6.45) is 3.21. The largest absolute Gasteiger partial charge is 0.354 e. The average Bonchev–Trinajstić information content (AvgIpc) is 2.46. The first-order valence-corrected chi connectivity index (χ1v) is 6.35. The lowest BCUT2D eigenvalue weighted by Crippen LogP contribution is -2.17. The first-order chi connectivity index (χ1) is 9.69. The summed E-state index contributed by atoms with van der Waals surface area (Å²) in [5.74, 6) is 1.66. The standard InChI is InChI=1S/C12H18N8/c1-4-14-10-17-11(19-12(18-10)20(2)3)15-7-9-5-6-13-8-16-9/h5-6,8H,4,7H2,1-3H3,(H2,14,15,17,18,19). The highest BCUT2D eigenvalue weighted by Gasteiger charge is 2.07. The van der Waals surface area contributed by atoms with Crippen LogP contribution in [-0.2, 0) is 6.54 Å². The van der Waals surface area contributed by atoms with Gasteiger partial charge in [0.05, 0.1) is 12.2 Å². The van der Waals surface area contributed by atoms with Crippen molar-refractivity contribution in [2.75, 3.05) is 36.2 Å². The van der Waals surface area contributed by atoms with Gasteiger partial charge in [-0.25, -0.2) is 9.97 Å². The van der Waals surface area contributed by atoms with Crippen molar-refractivity contribution >= 4 is 17.8 Å². The third kappa shape index (κ3) is 3.74. The fraction of sp³-hybridized carbons (Fsp3) is 0.417. The molecule has 0 radical (unpaired) electrons. The molecule has 0 bridgehead atoms. The molecule has 2 heterocycles. The molecular formula is C12H18N8. The topological polar surface area (TPSA) is 91.8 Å². The van der Waals surface area contributed by atoms with E-state index in [1.807, 2.05) is 32.0 Å². The maximum absolute atomic E-state index is 4.34. The lowest BCUT2D eigenvalue weighted by molar-refractivity contribution is 0.923. The Labute approximate surface area is 117 Å². The molecule has 2 aromatic heterocycles. The highest BCUT2D eigenvalue weighted by molar-refractivity contribution is 5.42. The summed E-state index contributed by atoms with van der Waals surface area (Å²) < 4.78 is 0. The molecule has 0 atom stereocenters. The molecule has 0 unspecified atom stereocenters. The van der Waals surface area contributed by atoms with E-state index in [1.54, 1.807) is 6.20 Å². The van der Waals surface area contributed by atoms with Crippen LogP contribution in [0.5, 0.6) is 0 Å². The van der Waals surface area contributed by atoms with Gasteiger partial charge < -0.3 is 15.5 Å². The minimum absolute atomic E-state index is 0.512. The second kappa shape index (κ2) is 6.60. The summed E-state index contributed by atoms with van der Waals surface area (Å²) in [6.45, 7) is 3.28. The molecular weight excluding hydrogens is 256 g/mol. The Kier molecular flexibility index (Phi) is 4.59. The molecule has 106 valence electrons. The van der Waals surface area contributed by atoms with Gasteiger partial charge in [0, 0.05) is 26.8 Å². The summed E-state index contributed by atoms with van der Waals surface area (Å²) in [7, 11) is 3.78. The van der Waals surface area contributed by atoms with Gasteiger partial charge in [0.15, 0.2) is 0 Å². The molecule has 0 saturated carbocycles. The highest BCUT2D eigenvalue weighted by Crippen LogP contribution is 2.11. The third-order valence-corrected chi connectivity index (χ3v) is 2.43. The zero-order chi connectivity index (χ0) is 14.4. The van der Waals surface area contributed by atoms with Crippen molar-refractivity contribution in [3.8, 4) is 0 Å². The van der Waals surface area contributed by atoms with E-state index >= 15 is 0 Å². The van der Waals surface area contributed by atoms with Crippen molar-refractivity contribution in [3.05, 3.63) is 24.3 Å². The Morgan fingerprint density at radius 1 is 1.10 bits per heavy atom. The summed E-state index contributed by atoms with van der Waals surface area (Å²) in [6, 6.07) is 1.84. The lowest BCUT2D eigenvalue weighted by atomic mass is 10.4. The van der Waals surface area contributed by atoms with E-state index in [1.165, 1.54) is 6.33 Å². The molecule has 0 aliphatic carbocycles. The van der Waals surface area contributed by atoms with Crippen LogP contribution in [0.2, 0.25) is 0 Å². The van der Waals surface area contributed by atoms with Crippen LogP contribution in [0, 0.1) is 0 Å². The molecule has 0 aliphatic rings. The van der Waals surface area contributed by atoms with Crippen molar-refractivity contribution in [2.24, 2.45) is 0 Å². The number of nitrogens with zero attached hydrogens (tertiary/aromatic N) is 6. The van der Waals surface area contributed by atoms with Gasteiger partial charge in [-0.2, -0.15) is 15.0 Å². The van der Waals surface area contributed by atoms with Crippen molar-refractivity contribution in [3.63, 3.8) is 0 Å². The van der Waals surface area contributed by atoms with E-state index in [4.69, 9.17) is 0 Å². The number of anilines is 3. The van der Waals surface area contributed by atoms with E-state index in [0.717, 1.165) is 12.2 Å². The first-order valence-electron chi connectivity index (χ1n) is 6.35. The maximum atomic E-state index is 4.34. The Hall–Kier alpha value is -2.51. The minimum Gasteiger partial charge on any atom is -0.354 e. The molecule has 20 heavy (non-hydrogen) atoms. The zero-order valence-electron chi connectivity index (χ0n) is 11.8. The summed E-state index contributed by atoms with van der Waals surface area (Å²) in [4.78, 5) is 22.8. The molecule has 0 amide bonds. The van der Waals surface area contributed by atoms with E-state index in [0.29, 0.717) is 24.4 Å². The van der Waals surface area contributed by atoms with Crippen LogP contribution in [0.4, 0.5) is 17.8 Å². The molecule has 2 rings (SSSR count). The third-order valence-electron chi connectivity index (χ3n) is 2.43. The molecule has 0 fully saturated rings. The summed E-state index contributed by atoms with van der Waals surface area (Å²) in [5, 5.41) is 6.22. The van der Waals surface area contributed by atoms with Gasteiger partial charge in [0.1, 0.15) is 6.33 Å². The molecule has 0 aromatic carbocycles. The second-order valence-electron chi connectivity index (χ2n) is 4.26. The normalized spacial score (nSPS) is 10.2. The molecule has 8 heteroatoms. The fourth-order valence-corrected chi connectivity index (χ4v) is 1.47. The Morgan fingerprint density at radius 2 is 1.85 bits per heavy atom. The van der Waals surface area contributed by atoms with Gasteiger partial charge in [0.25, 0.3) is 0 Å². The smallest absolute Gasteiger partial charge is 0.231 e. The predicted octanol–water partition coefficient (Wildman–Crippen LogP) is 0.771. The predicted molar refractivity (Wildman–Crippen MR) is 77.7 cm³/mol. The average molecular weight is 274 g/mol. The molecule has 2 aromatic rings. The molecule has 2 N–H and O–H groups in total. The van der Waals surface area contributed by atoms with E-state index in [-0.39, 0.29) is 0 Å². The van der Waals surface area contributed by atoms with Crippen molar-refractivity contribution in [1.29, 1.82) is 0 Å². The second-order valence-corrected chi connectivity index (χ2v) is 4.26. The van der Waals surface area contributed by atoms with Gasteiger partial charge in [0.2, 0.25) is 17.8 Å². The zero-order valence-corrected chi connectivity index (χ0v) is 11.8. The Balaban J connectivity index is 2.13. The van der Waals surface area contributed by atoms with Crippen LogP contribution >= 0.6 is 0 Å². The quantitative estimate of drug-likeness (QED) is 0.798. The van der Waals surface area contributed by atoms with E-state index in [9.17, 15) is 0 Å². The minimum atomic E-state index is 0.512. The summed E-state index contributed by atoms with van der Waals surface area (Å²) in [5.41, 5.74) is 0.872. The van der Waals surface area contributed by atoms with Crippen LogP contribution in [-0.4, -0.2) is 45.6 Å². The molecule has 0 aliphatic heterocycles. The van der Waals surface area contributed by atoms with Crippen molar-refractivity contribution in [2.45, 2.75) is 13.5 Å². The molecule has 0 spiro atoms. The number of hydrogen-bond donors (Lipinski definition) is 2. The number of hydrogen-bond acceptors (Lipinski definition) is 8. The van der Waals surface area contributed by atoms with Gasteiger partial charge in [-0.05, 0) is 13.0 Å². The molecule has 8 nitrogen and oxygen atoms in total. The van der Waals surface area contributed by atoms with Crippen LogP contribution < -0.4 is 15.5 Å². The van der Waals surface area contributed by atoms with E-state index in [2.05, 4.69) is 35.6 Å².